The zero-order chi connectivity index (χ0) is 19.5. The Labute approximate surface area is 167 Å². The molecule has 0 bridgehead atoms. The molecule has 28 heavy (non-hydrogen) atoms. The van der Waals surface area contributed by atoms with Gasteiger partial charge in [0, 0.05) is 45.3 Å². The molecule has 0 atom stereocenters. The average Bonchev–Trinajstić information content (AvgIpc) is 3.04. The number of nitrogens with zero attached hydrogens (tertiary/aromatic N) is 4. The van der Waals surface area contributed by atoms with Crippen LogP contribution in [0.3, 0.4) is 0 Å². The molecule has 148 valence electrons. The van der Waals surface area contributed by atoms with Gasteiger partial charge in [0.25, 0.3) is 0 Å². The maximum absolute atomic E-state index is 6.06. The standard InChI is InChI=1S/C23H30N4O/c1-18-17-19(23-24-20-7-4-5-8-21(20)26(23)3)9-10-22(18)28-16-6-11-27-14-12-25(2)13-15-27/h4-5,7-10,17H,6,11-16H2,1-3H3. The first-order valence-electron chi connectivity index (χ1n) is 10.2. The van der Waals surface area contributed by atoms with Gasteiger partial charge in [-0.15, -0.1) is 0 Å². The summed E-state index contributed by atoms with van der Waals surface area (Å²) in [5.74, 6) is 1.96. The monoisotopic (exact) mass is 378 g/mol. The third-order valence-corrected chi connectivity index (χ3v) is 5.69. The fraction of sp³-hybridized carbons (Fsp3) is 0.435. The van der Waals surface area contributed by atoms with Crippen LogP contribution in [0.5, 0.6) is 5.75 Å². The van der Waals surface area contributed by atoms with Crippen molar-refractivity contribution in [3.8, 4) is 17.1 Å². The lowest BCUT2D eigenvalue weighted by Gasteiger charge is -2.32. The van der Waals surface area contributed by atoms with Crippen LogP contribution in [0.2, 0.25) is 0 Å². The first-order chi connectivity index (χ1) is 13.6. The second-order valence-corrected chi connectivity index (χ2v) is 7.81. The first kappa shape index (κ1) is 19.0. The number of aromatic nitrogens is 2. The van der Waals surface area contributed by atoms with Crippen molar-refractivity contribution in [1.82, 2.24) is 19.4 Å². The van der Waals surface area contributed by atoms with Crippen molar-refractivity contribution in [3.05, 3.63) is 48.0 Å². The Morgan fingerprint density at radius 3 is 2.54 bits per heavy atom. The summed E-state index contributed by atoms with van der Waals surface area (Å²) in [6.45, 7) is 8.67. The minimum Gasteiger partial charge on any atom is -0.493 e. The average molecular weight is 379 g/mol. The van der Waals surface area contributed by atoms with Crippen molar-refractivity contribution in [2.75, 3.05) is 46.4 Å². The maximum atomic E-state index is 6.06. The highest BCUT2D eigenvalue weighted by atomic mass is 16.5. The number of ether oxygens (including phenoxy) is 1. The van der Waals surface area contributed by atoms with Gasteiger partial charge in [-0.25, -0.2) is 4.98 Å². The lowest BCUT2D eigenvalue weighted by Crippen LogP contribution is -2.44. The van der Waals surface area contributed by atoms with Gasteiger partial charge in [-0.2, -0.15) is 0 Å². The zero-order valence-electron chi connectivity index (χ0n) is 17.2. The van der Waals surface area contributed by atoms with Gasteiger partial charge in [0.2, 0.25) is 0 Å². The summed E-state index contributed by atoms with van der Waals surface area (Å²) in [6, 6.07) is 14.6. The summed E-state index contributed by atoms with van der Waals surface area (Å²) in [4.78, 5) is 9.72. The summed E-state index contributed by atoms with van der Waals surface area (Å²) >= 11 is 0. The summed E-state index contributed by atoms with van der Waals surface area (Å²) < 4.78 is 8.22. The summed E-state index contributed by atoms with van der Waals surface area (Å²) in [7, 11) is 4.27. The molecule has 0 aliphatic carbocycles. The fourth-order valence-corrected chi connectivity index (χ4v) is 3.90. The van der Waals surface area contributed by atoms with E-state index in [1.54, 1.807) is 0 Å². The van der Waals surface area contributed by atoms with Gasteiger partial charge in [0.1, 0.15) is 11.6 Å². The number of para-hydroxylation sites is 2. The SMILES string of the molecule is Cc1cc(-c2nc3ccccc3n2C)ccc1OCCCN1CCN(C)CC1. The molecule has 1 aliphatic heterocycles. The molecule has 1 aromatic heterocycles. The predicted octanol–water partition coefficient (Wildman–Crippen LogP) is 3.57. The van der Waals surface area contributed by atoms with Crippen molar-refractivity contribution in [1.29, 1.82) is 0 Å². The van der Waals surface area contributed by atoms with E-state index in [0.717, 1.165) is 53.3 Å². The Hall–Kier alpha value is -2.37. The van der Waals surface area contributed by atoms with Gasteiger partial charge in [0.05, 0.1) is 17.6 Å². The molecule has 4 rings (SSSR count). The zero-order valence-corrected chi connectivity index (χ0v) is 17.2. The number of likely N-dealkylation sites (N-methyl/N-ethyl adjacent to an activating group) is 1. The Morgan fingerprint density at radius 1 is 1.00 bits per heavy atom. The van der Waals surface area contributed by atoms with Crippen LogP contribution in [-0.2, 0) is 7.05 Å². The van der Waals surface area contributed by atoms with Crippen molar-refractivity contribution >= 4 is 11.0 Å². The largest absolute Gasteiger partial charge is 0.493 e. The van der Waals surface area contributed by atoms with Crippen LogP contribution in [-0.4, -0.2) is 65.7 Å². The predicted molar refractivity (Wildman–Crippen MR) is 115 cm³/mol. The van der Waals surface area contributed by atoms with Crippen LogP contribution in [0.15, 0.2) is 42.5 Å². The maximum Gasteiger partial charge on any atom is 0.140 e. The van der Waals surface area contributed by atoms with Crippen LogP contribution >= 0.6 is 0 Å². The Morgan fingerprint density at radius 2 is 1.79 bits per heavy atom. The van der Waals surface area contributed by atoms with Gasteiger partial charge in [0.15, 0.2) is 0 Å². The van der Waals surface area contributed by atoms with Crippen LogP contribution < -0.4 is 4.74 Å². The second-order valence-electron chi connectivity index (χ2n) is 7.81. The molecule has 1 saturated heterocycles. The highest BCUT2D eigenvalue weighted by Gasteiger charge is 2.13. The van der Waals surface area contributed by atoms with Gasteiger partial charge in [-0.1, -0.05) is 12.1 Å². The van der Waals surface area contributed by atoms with E-state index in [1.165, 1.54) is 26.2 Å². The van der Waals surface area contributed by atoms with Crippen LogP contribution in [0, 0.1) is 6.92 Å². The molecule has 0 saturated carbocycles. The van der Waals surface area contributed by atoms with E-state index in [-0.39, 0.29) is 0 Å². The number of fused-ring (bicyclic) bond motifs is 1. The molecule has 0 unspecified atom stereocenters. The minimum atomic E-state index is 0.763. The van der Waals surface area contributed by atoms with Gasteiger partial charge >= 0.3 is 0 Å². The van der Waals surface area contributed by atoms with E-state index < -0.39 is 0 Å². The molecule has 0 N–H and O–H groups in total. The molecule has 3 aromatic rings. The topological polar surface area (TPSA) is 33.5 Å². The molecule has 1 aliphatic rings. The molecular weight excluding hydrogens is 348 g/mol. The number of benzene rings is 2. The highest BCUT2D eigenvalue weighted by molar-refractivity contribution is 5.80. The molecule has 2 heterocycles. The highest BCUT2D eigenvalue weighted by Crippen LogP contribution is 2.28. The summed E-state index contributed by atoms with van der Waals surface area (Å²) in [6.07, 6.45) is 1.07. The molecule has 0 amide bonds. The quantitative estimate of drug-likeness (QED) is 0.614. The van der Waals surface area contributed by atoms with Gasteiger partial charge in [-0.3, -0.25) is 0 Å². The normalized spacial score (nSPS) is 16.0. The molecule has 5 heteroatoms. The Bertz CT molecular complexity index is 941. The van der Waals surface area contributed by atoms with E-state index in [1.807, 2.05) is 6.07 Å². The van der Waals surface area contributed by atoms with E-state index >= 15 is 0 Å². The summed E-state index contributed by atoms with van der Waals surface area (Å²) in [5.41, 5.74) is 4.46. The van der Waals surface area contributed by atoms with Crippen LogP contribution in [0.4, 0.5) is 0 Å². The van der Waals surface area contributed by atoms with Crippen molar-refractivity contribution in [3.63, 3.8) is 0 Å². The van der Waals surface area contributed by atoms with E-state index in [9.17, 15) is 0 Å². The van der Waals surface area contributed by atoms with E-state index in [0.29, 0.717) is 0 Å². The lowest BCUT2D eigenvalue weighted by molar-refractivity contribution is 0.145. The Balaban J connectivity index is 1.37. The first-order valence-corrected chi connectivity index (χ1v) is 10.2. The summed E-state index contributed by atoms with van der Waals surface area (Å²) in [5, 5.41) is 0. The van der Waals surface area contributed by atoms with Crippen LogP contribution in [0.1, 0.15) is 12.0 Å². The second kappa shape index (κ2) is 8.33. The fourth-order valence-electron chi connectivity index (χ4n) is 3.90. The molecule has 5 nitrogen and oxygen atoms in total. The van der Waals surface area contributed by atoms with Crippen molar-refractivity contribution in [2.24, 2.45) is 7.05 Å². The molecule has 0 spiro atoms. The van der Waals surface area contributed by atoms with Gasteiger partial charge in [-0.05, 0) is 56.3 Å². The number of piperazine rings is 1. The Kier molecular flexibility index (Phi) is 5.64. The lowest BCUT2D eigenvalue weighted by atomic mass is 10.1. The third-order valence-electron chi connectivity index (χ3n) is 5.69. The van der Waals surface area contributed by atoms with Gasteiger partial charge < -0.3 is 19.1 Å². The number of imidazole rings is 1. The number of hydrogen-bond donors (Lipinski definition) is 0. The number of hydrogen-bond acceptors (Lipinski definition) is 4. The van der Waals surface area contributed by atoms with Crippen LogP contribution in [0.25, 0.3) is 22.4 Å². The number of aryl methyl sites for hydroxylation is 2. The van der Waals surface area contributed by atoms with E-state index in [2.05, 4.69) is 71.8 Å². The van der Waals surface area contributed by atoms with E-state index in [4.69, 9.17) is 9.72 Å². The third kappa shape index (κ3) is 4.05. The minimum absolute atomic E-state index is 0.763. The molecule has 0 radical (unpaired) electrons. The molecular formula is C23H30N4O. The van der Waals surface area contributed by atoms with Crippen molar-refractivity contribution < 1.29 is 4.74 Å². The smallest absolute Gasteiger partial charge is 0.140 e. The number of rotatable bonds is 6. The molecule has 2 aromatic carbocycles. The molecule has 1 fully saturated rings. The van der Waals surface area contributed by atoms with Crippen molar-refractivity contribution in [2.45, 2.75) is 13.3 Å².